The maximum Gasteiger partial charge on any atom is 0.283 e. The van der Waals surface area contributed by atoms with Crippen LogP contribution in [0.1, 0.15) is 25.6 Å². The molecule has 10 heteroatoms. The van der Waals surface area contributed by atoms with E-state index in [-0.39, 0.29) is 29.3 Å². The minimum atomic E-state index is -0.369. The molecule has 0 spiro atoms. The second-order valence-electron chi connectivity index (χ2n) is 7.26. The summed E-state index contributed by atoms with van der Waals surface area (Å²) in [4.78, 5) is 46.8. The Kier molecular flexibility index (Phi) is 5.99. The smallest absolute Gasteiger partial charge is 0.283 e. The van der Waals surface area contributed by atoms with E-state index < -0.39 is 0 Å². The molecule has 0 saturated carbocycles. The molecule has 0 radical (unpaired) electrons. The number of carbonyl (C=O) groups excluding carboxylic acids is 3. The molecule has 3 aromatic rings. The molecule has 0 atom stereocenters. The van der Waals surface area contributed by atoms with Crippen LogP contribution in [0.4, 0.5) is 5.69 Å². The second kappa shape index (κ2) is 9.09. The zero-order chi connectivity index (χ0) is 23.8. The van der Waals surface area contributed by atoms with Gasteiger partial charge in [0.05, 0.1) is 34.8 Å². The molecular weight excluding hydrogens is 494 g/mol. The fourth-order valence-corrected chi connectivity index (χ4v) is 5.46. The van der Waals surface area contributed by atoms with Gasteiger partial charge in [0.1, 0.15) is 11.4 Å². The predicted molar refractivity (Wildman–Crippen MR) is 135 cm³/mol. The van der Waals surface area contributed by atoms with Crippen LogP contribution in [0.2, 0.25) is 5.02 Å². The van der Waals surface area contributed by atoms with E-state index in [0.29, 0.717) is 32.8 Å². The Bertz CT molecular complexity index is 1350. The number of methoxy groups -OCH3 is 1. The van der Waals surface area contributed by atoms with E-state index in [1.807, 2.05) is 17.5 Å². The predicted octanol–water partition coefficient (Wildman–Crippen LogP) is 5.14. The van der Waals surface area contributed by atoms with Crippen molar-refractivity contribution in [3.05, 3.63) is 86.7 Å². The van der Waals surface area contributed by atoms with E-state index in [0.717, 1.165) is 21.5 Å². The van der Waals surface area contributed by atoms with Gasteiger partial charge in [0.15, 0.2) is 5.17 Å². The Balaban J connectivity index is 1.46. The Labute approximate surface area is 208 Å². The monoisotopic (exact) mass is 509 g/mol. The van der Waals surface area contributed by atoms with Crippen molar-refractivity contribution in [2.24, 2.45) is 4.99 Å². The molecule has 3 amide bonds. The molecule has 0 aliphatic carbocycles. The summed E-state index contributed by atoms with van der Waals surface area (Å²) in [5.41, 5.74) is 1.49. The van der Waals surface area contributed by atoms with Gasteiger partial charge in [0, 0.05) is 4.88 Å². The number of thioether (sulfide) groups is 1. The molecule has 2 aliphatic heterocycles. The van der Waals surface area contributed by atoms with E-state index in [9.17, 15) is 14.4 Å². The number of benzene rings is 2. The molecule has 0 saturated heterocycles. The number of thiophene rings is 1. The summed E-state index contributed by atoms with van der Waals surface area (Å²) >= 11 is 8.92. The summed E-state index contributed by atoms with van der Waals surface area (Å²) in [7, 11) is 1.51. The maximum absolute atomic E-state index is 13.3. The van der Waals surface area contributed by atoms with Crippen LogP contribution in [0.25, 0.3) is 6.08 Å². The van der Waals surface area contributed by atoms with Gasteiger partial charge in [-0.1, -0.05) is 41.6 Å². The summed E-state index contributed by atoms with van der Waals surface area (Å²) in [5.74, 6) is -0.591. The first kappa shape index (κ1) is 22.4. The van der Waals surface area contributed by atoms with Crippen LogP contribution in [0, 0.1) is 0 Å². The van der Waals surface area contributed by atoms with E-state index in [2.05, 4.69) is 4.99 Å². The van der Waals surface area contributed by atoms with Crippen molar-refractivity contribution < 1.29 is 19.1 Å². The molecule has 0 fully saturated rings. The van der Waals surface area contributed by atoms with Crippen molar-refractivity contribution in [1.29, 1.82) is 0 Å². The Morgan fingerprint density at radius 3 is 2.38 bits per heavy atom. The van der Waals surface area contributed by atoms with Crippen LogP contribution in [-0.2, 0) is 4.79 Å². The quantitative estimate of drug-likeness (QED) is 0.351. The molecule has 0 N–H and O–H groups in total. The third-order valence-corrected chi connectivity index (χ3v) is 7.28. The number of fused-ring (bicyclic) bond motifs is 1. The van der Waals surface area contributed by atoms with Crippen molar-refractivity contribution in [3.63, 3.8) is 0 Å². The number of hydrogen-bond acceptors (Lipinski definition) is 7. The number of imide groups is 1. The number of ether oxygens (including phenoxy) is 1. The number of anilines is 1. The van der Waals surface area contributed by atoms with E-state index >= 15 is 0 Å². The number of nitrogens with zero attached hydrogens (tertiary/aromatic N) is 3. The Morgan fingerprint density at radius 2 is 1.76 bits per heavy atom. The number of rotatable bonds is 5. The van der Waals surface area contributed by atoms with E-state index in [1.165, 1.54) is 23.3 Å². The van der Waals surface area contributed by atoms with Gasteiger partial charge in [0.25, 0.3) is 17.7 Å². The highest BCUT2D eigenvalue weighted by Gasteiger charge is 2.38. The first-order valence-corrected chi connectivity index (χ1v) is 12.3. The first-order valence-electron chi connectivity index (χ1n) is 10.1. The minimum Gasteiger partial charge on any atom is -0.495 e. The highest BCUT2D eigenvalue weighted by molar-refractivity contribution is 8.14. The normalized spacial score (nSPS) is 16.5. The van der Waals surface area contributed by atoms with Gasteiger partial charge in [0.2, 0.25) is 0 Å². The lowest BCUT2D eigenvalue weighted by Crippen LogP contribution is -2.34. The number of hydrogen-bond donors (Lipinski definition) is 0. The second-order valence-corrected chi connectivity index (χ2v) is 9.55. The van der Waals surface area contributed by atoms with Crippen molar-refractivity contribution in [3.8, 4) is 5.75 Å². The lowest BCUT2D eigenvalue weighted by molar-refractivity contribution is -0.113. The Hall–Kier alpha value is -3.40. The molecule has 2 aliphatic rings. The highest BCUT2D eigenvalue weighted by atomic mass is 35.5. The molecule has 3 heterocycles. The lowest BCUT2D eigenvalue weighted by Gasteiger charge is -2.20. The van der Waals surface area contributed by atoms with Crippen LogP contribution < -0.4 is 9.64 Å². The SMILES string of the molecule is COc1ccc(N2C(=O)/C(=C\c3cccs3)N=C2SCN2C(=O)c3ccccc3C2=O)cc1Cl. The van der Waals surface area contributed by atoms with Gasteiger partial charge in [-0.2, -0.15) is 0 Å². The Morgan fingerprint density at radius 1 is 1.03 bits per heavy atom. The summed E-state index contributed by atoms with van der Waals surface area (Å²) < 4.78 is 5.21. The summed E-state index contributed by atoms with van der Waals surface area (Å²) in [5, 5.41) is 2.59. The number of carbonyl (C=O) groups is 3. The first-order chi connectivity index (χ1) is 16.5. The van der Waals surface area contributed by atoms with Crippen molar-refractivity contribution in [2.75, 3.05) is 17.9 Å². The number of amides is 3. The molecule has 0 unspecified atom stereocenters. The standard InChI is InChI=1S/C24H16ClN3O4S2/c1-32-20-9-8-14(11-18(20)25)28-23(31)19(12-15-5-4-10-33-15)26-24(28)34-13-27-21(29)16-6-2-3-7-17(16)22(27)30/h2-12H,13H2,1H3/b19-12+. The minimum absolute atomic E-state index is 0.00509. The fraction of sp³-hybridized carbons (Fsp3) is 0.0833. The van der Waals surface area contributed by atoms with Gasteiger partial charge in [-0.15, -0.1) is 11.3 Å². The zero-order valence-electron chi connectivity index (χ0n) is 17.7. The van der Waals surface area contributed by atoms with Gasteiger partial charge in [-0.05, 0) is 47.9 Å². The van der Waals surface area contributed by atoms with Gasteiger partial charge in [-0.25, -0.2) is 4.99 Å². The van der Waals surface area contributed by atoms with Crippen molar-refractivity contribution in [1.82, 2.24) is 4.90 Å². The van der Waals surface area contributed by atoms with Crippen LogP contribution in [0.3, 0.4) is 0 Å². The van der Waals surface area contributed by atoms with Crippen LogP contribution >= 0.6 is 34.7 Å². The van der Waals surface area contributed by atoms with Crippen LogP contribution in [0.5, 0.6) is 5.75 Å². The number of amidine groups is 1. The average molecular weight is 510 g/mol. The zero-order valence-corrected chi connectivity index (χ0v) is 20.1. The lowest BCUT2D eigenvalue weighted by atomic mass is 10.1. The summed E-state index contributed by atoms with van der Waals surface area (Å²) in [6.45, 7) is 0. The topological polar surface area (TPSA) is 79.3 Å². The largest absolute Gasteiger partial charge is 0.495 e. The van der Waals surface area contributed by atoms with Gasteiger partial charge < -0.3 is 4.74 Å². The van der Waals surface area contributed by atoms with Crippen LogP contribution in [0.15, 0.2) is 70.7 Å². The molecular formula is C24H16ClN3O4S2. The van der Waals surface area contributed by atoms with Gasteiger partial charge in [-0.3, -0.25) is 24.2 Å². The number of aliphatic imine (C=N–C) groups is 1. The highest BCUT2D eigenvalue weighted by Crippen LogP contribution is 2.35. The third kappa shape index (κ3) is 3.91. The molecule has 5 rings (SSSR count). The molecule has 170 valence electrons. The molecule has 2 aromatic carbocycles. The third-order valence-electron chi connectivity index (χ3n) is 5.25. The van der Waals surface area contributed by atoms with Crippen LogP contribution in [-0.4, -0.2) is 40.8 Å². The van der Waals surface area contributed by atoms with E-state index in [4.69, 9.17) is 16.3 Å². The molecule has 1 aromatic heterocycles. The van der Waals surface area contributed by atoms with E-state index in [1.54, 1.807) is 48.5 Å². The number of halogens is 1. The fourth-order valence-electron chi connectivity index (χ4n) is 3.60. The molecule has 0 bridgehead atoms. The molecule has 7 nitrogen and oxygen atoms in total. The summed E-state index contributed by atoms with van der Waals surface area (Å²) in [6.07, 6.45) is 1.71. The summed E-state index contributed by atoms with van der Waals surface area (Å²) in [6, 6.07) is 15.5. The van der Waals surface area contributed by atoms with Crippen molar-refractivity contribution >= 4 is 69.4 Å². The average Bonchev–Trinajstić information content (AvgIpc) is 3.52. The molecule has 34 heavy (non-hydrogen) atoms. The van der Waals surface area contributed by atoms with Crippen molar-refractivity contribution in [2.45, 2.75) is 0 Å². The maximum atomic E-state index is 13.3. The van der Waals surface area contributed by atoms with Gasteiger partial charge >= 0.3 is 0 Å².